The van der Waals surface area contributed by atoms with Crippen molar-refractivity contribution in [2.75, 3.05) is 0 Å². The summed E-state index contributed by atoms with van der Waals surface area (Å²) in [5, 5.41) is 81.0. The highest BCUT2D eigenvalue weighted by Crippen LogP contribution is 2.72. The molecule has 11 atom stereocenters. The summed E-state index contributed by atoms with van der Waals surface area (Å²) in [6.45, 7) is 4.67. The normalized spacial score (nSPS) is 50.1. The van der Waals surface area contributed by atoms with E-state index in [9.17, 15) is 40.5 Å². The topological polar surface area (TPSA) is 168 Å². The number of carbonyl (C=O) groups excluding carboxylic acids is 1. The number of fused-ring (bicyclic) bond motifs is 5. The Kier molecular flexibility index (Phi) is 6.67. The van der Waals surface area contributed by atoms with Crippen LogP contribution in [0.5, 0.6) is 0 Å². The van der Waals surface area contributed by atoms with Gasteiger partial charge in [-0.15, -0.1) is 0 Å². The summed E-state index contributed by atoms with van der Waals surface area (Å²) >= 11 is 0. The maximum absolute atomic E-state index is 13.1. The van der Waals surface area contributed by atoms with Crippen molar-refractivity contribution in [3.8, 4) is 0 Å². The highest BCUT2D eigenvalue weighted by Gasteiger charge is 2.83. The molecule has 0 heterocycles. The van der Waals surface area contributed by atoms with Crippen LogP contribution in [-0.4, -0.2) is 88.5 Å². The van der Waals surface area contributed by atoms with Crippen LogP contribution in [-0.2, 0) is 9.53 Å². The summed E-state index contributed by atoms with van der Waals surface area (Å²) < 4.78 is 5.98. The SMILES string of the molecule is CC(O)C1(O)CCC2(O)C3(O)CC(O)C4(O)CC(O)CCC4(C)C3CC(OC(=O)C=Cc3ccccc3)C12C. The first-order chi connectivity index (χ1) is 18.1. The van der Waals surface area contributed by atoms with Gasteiger partial charge >= 0.3 is 5.97 Å². The molecule has 0 aliphatic heterocycles. The number of hydrogen-bond donors (Lipinski definition) is 7. The van der Waals surface area contributed by atoms with Crippen LogP contribution in [0.4, 0.5) is 0 Å². The van der Waals surface area contributed by atoms with Gasteiger partial charge in [0, 0.05) is 30.3 Å². The van der Waals surface area contributed by atoms with Crippen molar-refractivity contribution in [1.82, 2.24) is 0 Å². The number of rotatable bonds is 4. The molecule has 0 saturated heterocycles. The van der Waals surface area contributed by atoms with Gasteiger partial charge in [0.15, 0.2) is 0 Å². The lowest BCUT2D eigenvalue weighted by molar-refractivity contribution is -0.372. The molecule has 0 bridgehead atoms. The summed E-state index contributed by atoms with van der Waals surface area (Å²) in [7, 11) is 0. The van der Waals surface area contributed by atoms with Crippen molar-refractivity contribution >= 4 is 12.0 Å². The lowest BCUT2D eigenvalue weighted by Gasteiger charge is -2.71. The molecule has 4 aliphatic rings. The average Bonchev–Trinajstić information content (AvgIpc) is 3.11. The highest BCUT2D eigenvalue weighted by molar-refractivity contribution is 5.87. The molecule has 4 saturated carbocycles. The number of hydrogen-bond acceptors (Lipinski definition) is 9. The average molecular weight is 547 g/mol. The Morgan fingerprint density at radius 2 is 1.67 bits per heavy atom. The van der Waals surface area contributed by atoms with Gasteiger partial charge in [0.05, 0.1) is 29.3 Å². The van der Waals surface area contributed by atoms with E-state index >= 15 is 0 Å². The van der Waals surface area contributed by atoms with Crippen LogP contribution >= 0.6 is 0 Å². The summed E-state index contributed by atoms with van der Waals surface area (Å²) in [5.41, 5.74) is -9.81. The Labute approximate surface area is 228 Å². The number of esters is 1. The van der Waals surface area contributed by atoms with Crippen LogP contribution in [0.15, 0.2) is 36.4 Å². The predicted octanol–water partition coefficient (Wildman–Crippen LogP) is 1.05. The second-order valence-corrected chi connectivity index (χ2v) is 13.0. The monoisotopic (exact) mass is 546 g/mol. The van der Waals surface area contributed by atoms with E-state index in [2.05, 4.69) is 0 Å². The Morgan fingerprint density at radius 1 is 1.00 bits per heavy atom. The molecule has 0 spiro atoms. The van der Waals surface area contributed by atoms with Crippen LogP contribution in [0.1, 0.15) is 71.3 Å². The van der Waals surface area contributed by atoms with Gasteiger partial charge in [0.25, 0.3) is 0 Å². The zero-order chi connectivity index (χ0) is 28.6. The van der Waals surface area contributed by atoms with Gasteiger partial charge in [-0.25, -0.2) is 4.79 Å². The second kappa shape index (κ2) is 9.08. The largest absolute Gasteiger partial charge is 0.458 e. The minimum absolute atomic E-state index is 0.0309. The van der Waals surface area contributed by atoms with Gasteiger partial charge in [-0.05, 0) is 50.7 Å². The van der Waals surface area contributed by atoms with E-state index in [4.69, 9.17) is 4.74 Å². The van der Waals surface area contributed by atoms with Gasteiger partial charge in [0.1, 0.15) is 22.9 Å². The number of carbonyl (C=O) groups is 1. The third-order valence-corrected chi connectivity index (χ3v) is 11.5. The first-order valence-electron chi connectivity index (χ1n) is 14.0. The first kappa shape index (κ1) is 28.7. The Bertz CT molecular complexity index is 1140. The fraction of sp³-hybridized carbons (Fsp3) is 0.700. The minimum Gasteiger partial charge on any atom is -0.458 e. The Balaban J connectivity index is 1.60. The van der Waals surface area contributed by atoms with Crippen molar-refractivity contribution in [3.63, 3.8) is 0 Å². The Hall–Kier alpha value is -1.85. The predicted molar refractivity (Wildman–Crippen MR) is 141 cm³/mol. The molecule has 1 aromatic carbocycles. The molecular weight excluding hydrogens is 504 g/mol. The van der Waals surface area contributed by atoms with Crippen molar-refractivity contribution in [2.45, 2.75) is 113 Å². The molecule has 11 unspecified atom stereocenters. The summed E-state index contributed by atoms with van der Waals surface area (Å²) in [6.07, 6.45) is -2.03. The van der Waals surface area contributed by atoms with Crippen molar-refractivity contribution < 1.29 is 45.3 Å². The maximum Gasteiger partial charge on any atom is 0.331 e. The molecule has 5 rings (SSSR count). The fourth-order valence-electron chi connectivity index (χ4n) is 9.04. The lowest BCUT2D eigenvalue weighted by atomic mass is 9.38. The molecule has 9 nitrogen and oxygen atoms in total. The van der Waals surface area contributed by atoms with Crippen molar-refractivity contribution in [1.29, 1.82) is 0 Å². The van der Waals surface area contributed by atoms with E-state index in [1.807, 2.05) is 30.3 Å². The van der Waals surface area contributed by atoms with Crippen molar-refractivity contribution in [3.05, 3.63) is 42.0 Å². The van der Waals surface area contributed by atoms with Gasteiger partial charge in [0.2, 0.25) is 0 Å². The third-order valence-electron chi connectivity index (χ3n) is 11.5. The number of aliphatic hydroxyl groups is 7. The van der Waals surface area contributed by atoms with E-state index in [-0.39, 0.29) is 32.1 Å². The molecular formula is C30H42O9. The van der Waals surface area contributed by atoms with Crippen molar-refractivity contribution in [2.24, 2.45) is 16.7 Å². The molecule has 4 fully saturated rings. The second-order valence-electron chi connectivity index (χ2n) is 13.0. The molecule has 0 radical (unpaired) electrons. The zero-order valence-electron chi connectivity index (χ0n) is 22.8. The van der Waals surface area contributed by atoms with E-state index in [1.165, 1.54) is 19.9 Å². The van der Waals surface area contributed by atoms with Crippen LogP contribution in [0, 0.1) is 16.7 Å². The van der Waals surface area contributed by atoms with Crippen LogP contribution in [0.3, 0.4) is 0 Å². The molecule has 7 N–H and O–H groups in total. The van der Waals surface area contributed by atoms with E-state index < -0.39 is 76.0 Å². The first-order valence-corrected chi connectivity index (χ1v) is 14.0. The van der Waals surface area contributed by atoms with Crippen LogP contribution in [0.2, 0.25) is 0 Å². The van der Waals surface area contributed by atoms with Gasteiger partial charge in [-0.3, -0.25) is 0 Å². The van der Waals surface area contributed by atoms with Gasteiger partial charge in [-0.1, -0.05) is 44.2 Å². The third kappa shape index (κ3) is 3.60. The van der Waals surface area contributed by atoms with Crippen LogP contribution in [0.25, 0.3) is 6.08 Å². The number of ether oxygens (including phenoxy) is 1. The van der Waals surface area contributed by atoms with E-state index in [0.717, 1.165) is 5.56 Å². The number of benzene rings is 1. The molecule has 39 heavy (non-hydrogen) atoms. The summed E-state index contributed by atoms with van der Waals surface area (Å²) in [6, 6.07) is 9.15. The molecule has 0 amide bonds. The Morgan fingerprint density at radius 3 is 2.31 bits per heavy atom. The summed E-state index contributed by atoms with van der Waals surface area (Å²) in [5.74, 6) is -1.57. The molecule has 1 aromatic rings. The maximum atomic E-state index is 13.1. The minimum atomic E-state index is -2.08. The quantitative estimate of drug-likeness (QED) is 0.216. The van der Waals surface area contributed by atoms with E-state index in [1.54, 1.807) is 13.0 Å². The summed E-state index contributed by atoms with van der Waals surface area (Å²) in [4.78, 5) is 13.1. The van der Waals surface area contributed by atoms with Gasteiger partial charge in [-0.2, -0.15) is 0 Å². The molecule has 4 aliphatic carbocycles. The van der Waals surface area contributed by atoms with Gasteiger partial charge < -0.3 is 40.5 Å². The van der Waals surface area contributed by atoms with Crippen LogP contribution < -0.4 is 0 Å². The molecule has 9 heteroatoms. The smallest absolute Gasteiger partial charge is 0.331 e. The lowest BCUT2D eigenvalue weighted by Crippen LogP contribution is -2.83. The fourth-order valence-corrected chi connectivity index (χ4v) is 9.04. The molecule has 0 aromatic heterocycles. The standard InChI is InChI=1S/C30H42O9/c1-18(31)27(35)13-14-30(38)26(27,3)23(39-24(34)10-9-19-7-5-4-6-8-19)15-21-25(2)12-11-20(32)16-29(25,37)22(33)17-28(21,30)36/h4-10,18,20-23,31-33,35-38H,11-17H2,1-3H3. The van der Waals surface area contributed by atoms with E-state index in [0.29, 0.717) is 6.42 Å². The number of aliphatic hydroxyl groups excluding tert-OH is 3. The zero-order valence-corrected chi connectivity index (χ0v) is 22.8. The highest BCUT2D eigenvalue weighted by atomic mass is 16.5. The molecule has 216 valence electrons.